The van der Waals surface area contributed by atoms with Crippen LogP contribution in [0.5, 0.6) is 0 Å². The standard InChI is InChI=1S/C9H16F2O/c1-7(2)8(6-12-3)4-9(10,11)5-8/h7H,4-6H2,1-3H3. The molecule has 12 heavy (non-hydrogen) atoms. The first-order chi connectivity index (χ1) is 5.42. The molecule has 72 valence electrons. The van der Waals surface area contributed by atoms with E-state index in [-0.39, 0.29) is 24.2 Å². The molecule has 1 rings (SSSR count). The minimum absolute atomic E-state index is 0.00843. The van der Waals surface area contributed by atoms with Crippen LogP contribution in [0.2, 0.25) is 0 Å². The van der Waals surface area contributed by atoms with Gasteiger partial charge in [0, 0.05) is 25.4 Å². The first-order valence-corrected chi connectivity index (χ1v) is 4.29. The Morgan fingerprint density at radius 2 is 1.83 bits per heavy atom. The average Bonchev–Trinajstić information content (AvgIpc) is 1.83. The van der Waals surface area contributed by atoms with Gasteiger partial charge >= 0.3 is 0 Å². The molecular formula is C9H16F2O. The molecule has 0 amide bonds. The van der Waals surface area contributed by atoms with E-state index in [0.29, 0.717) is 6.61 Å². The molecular weight excluding hydrogens is 162 g/mol. The van der Waals surface area contributed by atoms with Crippen molar-refractivity contribution in [3.63, 3.8) is 0 Å². The smallest absolute Gasteiger partial charge is 0.249 e. The van der Waals surface area contributed by atoms with Gasteiger partial charge in [-0.3, -0.25) is 0 Å². The van der Waals surface area contributed by atoms with E-state index < -0.39 is 5.92 Å². The SMILES string of the molecule is COCC1(C(C)C)CC(F)(F)C1. The number of alkyl halides is 2. The van der Waals surface area contributed by atoms with E-state index >= 15 is 0 Å². The summed E-state index contributed by atoms with van der Waals surface area (Å²) in [7, 11) is 1.57. The summed E-state index contributed by atoms with van der Waals surface area (Å²) >= 11 is 0. The van der Waals surface area contributed by atoms with Gasteiger partial charge in [0.1, 0.15) is 0 Å². The van der Waals surface area contributed by atoms with Crippen molar-refractivity contribution in [2.75, 3.05) is 13.7 Å². The summed E-state index contributed by atoms with van der Waals surface area (Å²) in [6, 6.07) is 0. The molecule has 0 radical (unpaired) electrons. The number of hydrogen-bond donors (Lipinski definition) is 0. The Hall–Kier alpha value is -0.180. The maximum Gasteiger partial charge on any atom is 0.249 e. The molecule has 0 bridgehead atoms. The fourth-order valence-electron chi connectivity index (χ4n) is 1.94. The predicted molar refractivity (Wildman–Crippen MR) is 43.3 cm³/mol. The second-order valence-corrected chi connectivity index (χ2v) is 4.16. The van der Waals surface area contributed by atoms with Crippen molar-refractivity contribution in [3.8, 4) is 0 Å². The second-order valence-electron chi connectivity index (χ2n) is 4.16. The molecule has 1 aliphatic rings. The summed E-state index contributed by atoms with van der Waals surface area (Å²) in [5.74, 6) is -2.17. The Balaban J connectivity index is 2.56. The largest absolute Gasteiger partial charge is 0.384 e. The van der Waals surface area contributed by atoms with Crippen LogP contribution in [-0.4, -0.2) is 19.6 Å². The molecule has 3 heteroatoms. The van der Waals surface area contributed by atoms with Crippen LogP contribution in [0.4, 0.5) is 8.78 Å². The third-order valence-corrected chi connectivity index (χ3v) is 2.88. The maximum atomic E-state index is 12.7. The van der Waals surface area contributed by atoms with Gasteiger partial charge in [-0.1, -0.05) is 13.8 Å². The van der Waals surface area contributed by atoms with Crippen molar-refractivity contribution in [2.24, 2.45) is 11.3 Å². The fourth-order valence-corrected chi connectivity index (χ4v) is 1.94. The number of hydrogen-bond acceptors (Lipinski definition) is 1. The van der Waals surface area contributed by atoms with E-state index in [1.165, 1.54) is 0 Å². The van der Waals surface area contributed by atoms with Crippen molar-refractivity contribution >= 4 is 0 Å². The van der Waals surface area contributed by atoms with Crippen molar-refractivity contribution < 1.29 is 13.5 Å². The molecule has 0 N–H and O–H groups in total. The van der Waals surface area contributed by atoms with Crippen LogP contribution in [0, 0.1) is 11.3 Å². The molecule has 0 atom stereocenters. The molecule has 0 heterocycles. The summed E-state index contributed by atoms with van der Waals surface area (Å²) in [5, 5.41) is 0. The summed E-state index contributed by atoms with van der Waals surface area (Å²) < 4.78 is 30.3. The fraction of sp³-hybridized carbons (Fsp3) is 1.00. The van der Waals surface area contributed by atoms with Gasteiger partial charge < -0.3 is 4.74 Å². The van der Waals surface area contributed by atoms with Crippen LogP contribution in [0.15, 0.2) is 0 Å². The summed E-state index contributed by atoms with van der Waals surface area (Å²) in [4.78, 5) is 0. The van der Waals surface area contributed by atoms with Gasteiger partial charge in [-0.15, -0.1) is 0 Å². The minimum Gasteiger partial charge on any atom is -0.384 e. The predicted octanol–water partition coefficient (Wildman–Crippen LogP) is 2.70. The quantitative estimate of drug-likeness (QED) is 0.645. The van der Waals surface area contributed by atoms with Gasteiger partial charge in [-0.25, -0.2) is 8.78 Å². The van der Waals surface area contributed by atoms with Crippen LogP contribution in [0.25, 0.3) is 0 Å². The average molecular weight is 178 g/mol. The Morgan fingerprint density at radius 1 is 1.33 bits per heavy atom. The number of halogens is 2. The molecule has 0 unspecified atom stereocenters. The Labute approximate surface area is 72.1 Å². The lowest BCUT2D eigenvalue weighted by atomic mass is 9.60. The summed E-state index contributed by atoms with van der Waals surface area (Å²) in [6.07, 6.45) is -0.0169. The highest BCUT2D eigenvalue weighted by Gasteiger charge is 2.57. The van der Waals surface area contributed by atoms with E-state index in [1.807, 2.05) is 13.8 Å². The molecule has 0 aromatic heterocycles. The zero-order valence-electron chi connectivity index (χ0n) is 7.86. The second kappa shape index (κ2) is 2.95. The van der Waals surface area contributed by atoms with E-state index in [2.05, 4.69) is 0 Å². The topological polar surface area (TPSA) is 9.23 Å². The minimum atomic E-state index is -2.44. The first-order valence-electron chi connectivity index (χ1n) is 4.29. The lowest BCUT2D eigenvalue weighted by molar-refractivity contribution is -0.197. The van der Waals surface area contributed by atoms with Crippen molar-refractivity contribution in [3.05, 3.63) is 0 Å². The van der Waals surface area contributed by atoms with Crippen molar-refractivity contribution in [1.29, 1.82) is 0 Å². The van der Waals surface area contributed by atoms with Gasteiger partial charge in [0.05, 0.1) is 6.61 Å². The summed E-state index contributed by atoms with van der Waals surface area (Å²) in [5.41, 5.74) is -0.266. The molecule has 0 aromatic rings. The van der Waals surface area contributed by atoms with Crippen LogP contribution in [0.3, 0.4) is 0 Å². The molecule has 1 saturated carbocycles. The van der Waals surface area contributed by atoms with Crippen LogP contribution >= 0.6 is 0 Å². The lowest BCUT2D eigenvalue weighted by Crippen LogP contribution is -2.51. The first kappa shape index (κ1) is 9.90. The van der Waals surface area contributed by atoms with Gasteiger partial charge in [0.15, 0.2) is 0 Å². The molecule has 0 aliphatic heterocycles. The maximum absolute atomic E-state index is 12.7. The van der Waals surface area contributed by atoms with Crippen LogP contribution < -0.4 is 0 Å². The highest BCUT2D eigenvalue weighted by Crippen LogP contribution is 2.55. The number of methoxy groups -OCH3 is 1. The zero-order chi connectivity index (χ0) is 9.41. The van der Waals surface area contributed by atoms with Crippen molar-refractivity contribution in [2.45, 2.75) is 32.6 Å². The lowest BCUT2D eigenvalue weighted by Gasteiger charge is -2.49. The molecule has 1 aliphatic carbocycles. The van der Waals surface area contributed by atoms with Crippen LogP contribution in [0.1, 0.15) is 26.7 Å². The van der Waals surface area contributed by atoms with E-state index in [9.17, 15) is 8.78 Å². The Morgan fingerprint density at radius 3 is 2.08 bits per heavy atom. The van der Waals surface area contributed by atoms with Crippen molar-refractivity contribution in [1.82, 2.24) is 0 Å². The van der Waals surface area contributed by atoms with Gasteiger partial charge in [0.25, 0.3) is 0 Å². The molecule has 0 saturated heterocycles. The number of rotatable bonds is 3. The monoisotopic (exact) mass is 178 g/mol. The third kappa shape index (κ3) is 1.60. The highest BCUT2D eigenvalue weighted by molar-refractivity contribution is 5.00. The molecule has 1 nitrogen and oxygen atoms in total. The van der Waals surface area contributed by atoms with Crippen LogP contribution in [-0.2, 0) is 4.74 Å². The zero-order valence-corrected chi connectivity index (χ0v) is 7.86. The molecule has 0 spiro atoms. The van der Waals surface area contributed by atoms with E-state index in [4.69, 9.17) is 4.74 Å². The Kier molecular flexibility index (Phi) is 2.43. The van der Waals surface area contributed by atoms with Gasteiger partial charge in [-0.2, -0.15) is 0 Å². The third-order valence-electron chi connectivity index (χ3n) is 2.88. The number of ether oxygens (including phenoxy) is 1. The Bertz CT molecular complexity index is 158. The van der Waals surface area contributed by atoms with E-state index in [0.717, 1.165) is 0 Å². The molecule has 1 fully saturated rings. The van der Waals surface area contributed by atoms with E-state index in [1.54, 1.807) is 7.11 Å². The van der Waals surface area contributed by atoms with Gasteiger partial charge in [-0.05, 0) is 5.92 Å². The highest BCUT2D eigenvalue weighted by atomic mass is 19.3. The van der Waals surface area contributed by atoms with Gasteiger partial charge in [0.2, 0.25) is 5.92 Å². The normalized spacial score (nSPS) is 25.5. The molecule has 0 aromatic carbocycles. The summed E-state index contributed by atoms with van der Waals surface area (Å²) in [6.45, 7) is 4.42.